The summed E-state index contributed by atoms with van der Waals surface area (Å²) in [7, 11) is 1.55. The molecule has 2 aliphatic heterocycles. The van der Waals surface area contributed by atoms with Crippen molar-refractivity contribution in [1.29, 1.82) is 0 Å². The van der Waals surface area contributed by atoms with E-state index >= 15 is 0 Å². The van der Waals surface area contributed by atoms with Crippen molar-refractivity contribution in [3.8, 4) is 23.3 Å². The Balaban J connectivity index is 1.51. The molecule has 5 rings (SSSR count). The van der Waals surface area contributed by atoms with Gasteiger partial charge in [-0.25, -0.2) is 4.79 Å². The standard InChI is InChI=1S/C25H21N3O5/c1-32-21-9-8-18-23(29)22(14-20-16-4-2-3-5-19(16)26-27-20)33-24(18)17(21)7-6-15-10-12-28(13-11-15)25(30)31/h2-5,8-9,14-15,29H,10-13H2,1H3,(H,30,31). The number of azo groups is 1. The molecule has 0 saturated carbocycles. The summed E-state index contributed by atoms with van der Waals surface area (Å²) in [4.78, 5) is 12.5. The van der Waals surface area contributed by atoms with Crippen molar-refractivity contribution in [2.45, 2.75) is 12.8 Å². The van der Waals surface area contributed by atoms with Crippen LogP contribution in [0.1, 0.15) is 29.7 Å². The lowest BCUT2D eigenvalue weighted by Crippen LogP contribution is -2.37. The highest BCUT2D eigenvalue weighted by atomic mass is 16.5. The Kier molecular flexibility index (Phi) is 5.23. The van der Waals surface area contributed by atoms with E-state index in [1.165, 1.54) is 4.90 Å². The molecule has 166 valence electrons. The fourth-order valence-corrected chi connectivity index (χ4v) is 4.09. The van der Waals surface area contributed by atoms with Crippen LogP contribution in [0.2, 0.25) is 0 Å². The number of hydrogen-bond acceptors (Lipinski definition) is 6. The Labute approximate surface area is 189 Å². The molecule has 0 unspecified atom stereocenters. The number of piperidine rings is 1. The zero-order valence-electron chi connectivity index (χ0n) is 17.9. The predicted octanol–water partition coefficient (Wildman–Crippen LogP) is 5.48. The predicted molar refractivity (Wildman–Crippen MR) is 122 cm³/mol. The highest BCUT2D eigenvalue weighted by molar-refractivity contribution is 5.96. The number of ether oxygens (including phenoxy) is 1. The third kappa shape index (κ3) is 3.78. The van der Waals surface area contributed by atoms with Gasteiger partial charge in [0.1, 0.15) is 11.3 Å². The van der Waals surface area contributed by atoms with Crippen LogP contribution in [0.3, 0.4) is 0 Å². The molecule has 1 aromatic heterocycles. The molecule has 3 heterocycles. The van der Waals surface area contributed by atoms with E-state index in [-0.39, 0.29) is 17.4 Å². The first kappa shape index (κ1) is 20.6. The maximum Gasteiger partial charge on any atom is 0.407 e. The summed E-state index contributed by atoms with van der Waals surface area (Å²) >= 11 is 0. The van der Waals surface area contributed by atoms with E-state index in [2.05, 4.69) is 22.1 Å². The first-order valence-electron chi connectivity index (χ1n) is 10.6. The zero-order valence-corrected chi connectivity index (χ0v) is 17.9. The molecule has 0 bridgehead atoms. The first-order chi connectivity index (χ1) is 16.0. The molecule has 0 spiro atoms. The molecule has 2 aromatic carbocycles. The average Bonchev–Trinajstić information content (AvgIpc) is 3.39. The van der Waals surface area contributed by atoms with Gasteiger partial charge >= 0.3 is 6.09 Å². The van der Waals surface area contributed by atoms with Gasteiger partial charge in [-0.3, -0.25) is 0 Å². The number of furan rings is 1. The summed E-state index contributed by atoms with van der Waals surface area (Å²) in [5.41, 5.74) is 3.20. The number of likely N-dealkylation sites (tertiary alicyclic amines) is 1. The summed E-state index contributed by atoms with van der Waals surface area (Å²) in [6.07, 6.45) is 2.10. The fourth-order valence-electron chi connectivity index (χ4n) is 4.09. The van der Waals surface area contributed by atoms with Crippen LogP contribution in [0.25, 0.3) is 22.7 Å². The van der Waals surface area contributed by atoms with Crippen LogP contribution in [0, 0.1) is 17.8 Å². The fraction of sp³-hybridized carbons (Fsp3) is 0.240. The molecule has 1 amide bonds. The Morgan fingerprint density at radius 2 is 2.00 bits per heavy atom. The van der Waals surface area contributed by atoms with E-state index in [1.807, 2.05) is 24.3 Å². The molecule has 2 aliphatic rings. The minimum absolute atomic E-state index is 0.00227. The van der Waals surface area contributed by atoms with E-state index in [1.54, 1.807) is 25.3 Å². The van der Waals surface area contributed by atoms with Gasteiger partial charge in [0.05, 0.1) is 23.9 Å². The minimum atomic E-state index is -0.898. The largest absolute Gasteiger partial charge is 0.504 e. The highest BCUT2D eigenvalue weighted by Crippen LogP contribution is 2.41. The van der Waals surface area contributed by atoms with Crippen molar-refractivity contribution in [2.24, 2.45) is 16.1 Å². The van der Waals surface area contributed by atoms with Gasteiger partial charge in [-0.1, -0.05) is 30.0 Å². The lowest BCUT2D eigenvalue weighted by atomic mass is 9.97. The minimum Gasteiger partial charge on any atom is -0.504 e. The van der Waals surface area contributed by atoms with Crippen molar-refractivity contribution in [3.05, 3.63) is 53.3 Å². The van der Waals surface area contributed by atoms with Crippen molar-refractivity contribution < 1.29 is 24.2 Å². The number of nitrogens with zero attached hydrogens (tertiary/aromatic N) is 3. The van der Waals surface area contributed by atoms with Crippen LogP contribution in [0.5, 0.6) is 11.5 Å². The van der Waals surface area contributed by atoms with E-state index < -0.39 is 6.09 Å². The Morgan fingerprint density at radius 1 is 1.21 bits per heavy atom. The highest BCUT2D eigenvalue weighted by Gasteiger charge is 2.22. The van der Waals surface area contributed by atoms with Gasteiger partial charge in [0.15, 0.2) is 17.1 Å². The molecule has 2 N–H and O–H groups in total. The van der Waals surface area contributed by atoms with Crippen molar-refractivity contribution in [1.82, 2.24) is 4.90 Å². The van der Waals surface area contributed by atoms with Crippen LogP contribution < -0.4 is 4.74 Å². The van der Waals surface area contributed by atoms with Gasteiger partial charge in [-0.05, 0) is 31.0 Å². The molecule has 0 radical (unpaired) electrons. The molecule has 33 heavy (non-hydrogen) atoms. The van der Waals surface area contributed by atoms with Crippen molar-refractivity contribution in [3.63, 3.8) is 0 Å². The topological polar surface area (TPSA) is 108 Å². The Morgan fingerprint density at radius 3 is 2.76 bits per heavy atom. The van der Waals surface area contributed by atoms with E-state index in [4.69, 9.17) is 14.3 Å². The van der Waals surface area contributed by atoms with Crippen LogP contribution in [-0.2, 0) is 0 Å². The number of amides is 1. The molecular formula is C25H21N3O5. The maximum atomic E-state index is 11.1. The molecule has 0 atom stereocenters. The van der Waals surface area contributed by atoms with E-state index in [9.17, 15) is 9.90 Å². The van der Waals surface area contributed by atoms with Crippen LogP contribution in [0.15, 0.2) is 51.0 Å². The maximum absolute atomic E-state index is 11.1. The third-order valence-corrected chi connectivity index (χ3v) is 5.92. The number of rotatable bonds is 2. The quantitative estimate of drug-likeness (QED) is 0.510. The zero-order chi connectivity index (χ0) is 22.9. The van der Waals surface area contributed by atoms with Gasteiger partial charge < -0.3 is 24.3 Å². The molecule has 8 heteroatoms. The first-order valence-corrected chi connectivity index (χ1v) is 10.6. The number of carbonyl (C=O) groups is 1. The van der Waals surface area contributed by atoms with Gasteiger partial charge in [0.2, 0.25) is 0 Å². The molecular weight excluding hydrogens is 422 g/mol. The van der Waals surface area contributed by atoms with E-state index in [0.717, 1.165) is 11.3 Å². The van der Waals surface area contributed by atoms with Crippen LogP contribution in [0.4, 0.5) is 10.5 Å². The van der Waals surface area contributed by atoms with Crippen LogP contribution in [-0.4, -0.2) is 41.4 Å². The van der Waals surface area contributed by atoms with Gasteiger partial charge in [-0.15, -0.1) is 10.2 Å². The molecule has 8 nitrogen and oxygen atoms in total. The second-order valence-corrected chi connectivity index (χ2v) is 7.89. The smallest absolute Gasteiger partial charge is 0.407 e. The summed E-state index contributed by atoms with van der Waals surface area (Å²) in [5, 5.41) is 28.8. The molecule has 0 aliphatic carbocycles. The van der Waals surface area contributed by atoms with Crippen LogP contribution >= 0.6 is 0 Å². The number of methoxy groups -OCH3 is 1. The number of hydrogen-bond donors (Lipinski definition) is 2. The summed E-state index contributed by atoms with van der Waals surface area (Å²) < 4.78 is 11.5. The molecule has 1 fully saturated rings. The second-order valence-electron chi connectivity index (χ2n) is 7.89. The normalized spacial score (nSPS) is 16.6. The lowest BCUT2D eigenvalue weighted by molar-refractivity contribution is 0.130. The number of carboxylic acid groups (broad SMARTS) is 1. The average molecular weight is 443 g/mol. The third-order valence-electron chi connectivity index (χ3n) is 5.92. The van der Waals surface area contributed by atoms with Crippen molar-refractivity contribution >= 4 is 34.5 Å². The van der Waals surface area contributed by atoms with Gasteiger partial charge in [0.25, 0.3) is 0 Å². The molecule has 3 aromatic rings. The number of aromatic hydroxyl groups is 1. The number of benzene rings is 2. The Hall–Kier alpha value is -4.25. The summed E-state index contributed by atoms with van der Waals surface area (Å²) in [6.45, 7) is 0.927. The van der Waals surface area contributed by atoms with Crippen molar-refractivity contribution in [2.75, 3.05) is 20.2 Å². The monoisotopic (exact) mass is 443 g/mol. The van der Waals surface area contributed by atoms with E-state index in [0.29, 0.717) is 53.9 Å². The summed E-state index contributed by atoms with van der Waals surface area (Å²) in [5.74, 6) is 7.27. The number of fused-ring (bicyclic) bond motifs is 2. The Bertz CT molecular complexity index is 1370. The van der Waals surface area contributed by atoms with Gasteiger partial charge in [-0.2, -0.15) is 0 Å². The SMILES string of the molecule is COc1ccc2c(O)c(C=C3N=Nc4ccccc43)oc2c1C#CC1CCN(C(=O)O)CC1. The second kappa shape index (κ2) is 8.36. The lowest BCUT2D eigenvalue weighted by Gasteiger charge is -2.27. The molecule has 1 saturated heterocycles. The summed E-state index contributed by atoms with van der Waals surface area (Å²) in [6, 6.07) is 11.1. The van der Waals surface area contributed by atoms with Gasteiger partial charge in [0, 0.05) is 30.6 Å².